The van der Waals surface area contributed by atoms with Crippen LogP contribution in [-0.4, -0.2) is 42.9 Å². The van der Waals surface area contributed by atoms with E-state index in [0.717, 1.165) is 35.2 Å². The Hall–Kier alpha value is -1.07. The van der Waals surface area contributed by atoms with Crippen LogP contribution in [0.3, 0.4) is 0 Å². The zero-order valence-electron chi connectivity index (χ0n) is 10.7. The second-order valence-corrected chi connectivity index (χ2v) is 5.70. The van der Waals surface area contributed by atoms with E-state index in [4.69, 9.17) is 5.73 Å². The van der Waals surface area contributed by atoms with Crippen molar-refractivity contribution in [2.24, 2.45) is 0 Å². The lowest BCUT2D eigenvalue weighted by Crippen LogP contribution is -2.39. The molecule has 0 atom stereocenters. The highest BCUT2D eigenvalue weighted by Gasteiger charge is 2.22. The van der Waals surface area contributed by atoms with E-state index in [1.807, 2.05) is 12.1 Å². The normalized spacial score (nSPS) is 15.3. The van der Waals surface area contributed by atoms with Crippen molar-refractivity contribution in [1.82, 2.24) is 9.80 Å². The number of anilines is 1. The molecule has 1 heterocycles. The molecule has 0 aromatic heterocycles. The van der Waals surface area contributed by atoms with Gasteiger partial charge in [0.05, 0.1) is 6.54 Å². The van der Waals surface area contributed by atoms with Crippen LogP contribution >= 0.6 is 15.9 Å². The van der Waals surface area contributed by atoms with Crippen LogP contribution < -0.4 is 5.73 Å². The fourth-order valence-electron chi connectivity index (χ4n) is 2.18. The molecule has 0 saturated heterocycles. The summed E-state index contributed by atoms with van der Waals surface area (Å²) >= 11 is 3.56. The fourth-order valence-corrected chi connectivity index (χ4v) is 2.75. The molecule has 1 amide bonds. The molecule has 1 aliphatic rings. The number of nitrogens with two attached hydrogens (primary N) is 1. The largest absolute Gasteiger partial charge is 0.398 e. The number of fused-ring (bicyclic) bond motifs is 1. The molecule has 2 rings (SSSR count). The Balaban J connectivity index is 2.15. The molecule has 0 radical (unpaired) electrons. The average molecular weight is 312 g/mol. The zero-order valence-corrected chi connectivity index (χ0v) is 12.3. The van der Waals surface area contributed by atoms with Crippen LogP contribution in [0.4, 0.5) is 5.69 Å². The number of carbonyl (C=O) groups excluding carboxylic acids is 1. The molecule has 18 heavy (non-hydrogen) atoms. The summed E-state index contributed by atoms with van der Waals surface area (Å²) in [5, 5.41) is 0. The summed E-state index contributed by atoms with van der Waals surface area (Å²) in [6.07, 6.45) is 0.932. The molecule has 1 aliphatic heterocycles. The third kappa shape index (κ3) is 2.67. The Kier molecular flexibility index (Phi) is 3.92. The van der Waals surface area contributed by atoms with E-state index in [-0.39, 0.29) is 5.91 Å². The Morgan fingerprint density at radius 1 is 1.44 bits per heavy atom. The number of likely N-dealkylation sites (N-methyl/N-ethyl adjacent to an activating group) is 1. The maximum Gasteiger partial charge on any atom is 0.236 e. The number of hydrogen-bond donors (Lipinski definition) is 1. The van der Waals surface area contributed by atoms with Gasteiger partial charge in [-0.25, -0.2) is 0 Å². The smallest absolute Gasteiger partial charge is 0.236 e. The number of benzene rings is 1. The highest BCUT2D eigenvalue weighted by atomic mass is 79.9. The Morgan fingerprint density at radius 3 is 2.83 bits per heavy atom. The van der Waals surface area contributed by atoms with Gasteiger partial charge in [0.2, 0.25) is 5.91 Å². The maximum atomic E-state index is 11.7. The fraction of sp³-hybridized carbons (Fsp3) is 0.462. The molecule has 0 spiro atoms. The van der Waals surface area contributed by atoms with Gasteiger partial charge >= 0.3 is 0 Å². The summed E-state index contributed by atoms with van der Waals surface area (Å²) < 4.78 is 1.12. The Labute approximate surface area is 116 Å². The summed E-state index contributed by atoms with van der Waals surface area (Å²) in [5.41, 5.74) is 9.27. The van der Waals surface area contributed by atoms with E-state index in [0.29, 0.717) is 6.54 Å². The van der Waals surface area contributed by atoms with Crippen molar-refractivity contribution in [2.75, 3.05) is 32.9 Å². The SMILES string of the molecule is CN(C)C(=O)CN1CCc2c(Br)ccc(N)c2C1. The van der Waals surface area contributed by atoms with Crippen molar-refractivity contribution in [2.45, 2.75) is 13.0 Å². The number of rotatable bonds is 2. The molecule has 1 aromatic carbocycles. The van der Waals surface area contributed by atoms with Crippen LogP contribution in [0.15, 0.2) is 16.6 Å². The molecule has 4 nitrogen and oxygen atoms in total. The second kappa shape index (κ2) is 5.28. The predicted molar refractivity (Wildman–Crippen MR) is 76.2 cm³/mol. The topological polar surface area (TPSA) is 49.6 Å². The van der Waals surface area contributed by atoms with E-state index >= 15 is 0 Å². The molecule has 2 N–H and O–H groups in total. The van der Waals surface area contributed by atoms with Crippen LogP contribution in [0, 0.1) is 0 Å². The number of hydrogen-bond acceptors (Lipinski definition) is 3. The van der Waals surface area contributed by atoms with Crippen LogP contribution in [-0.2, 0) is 17.8 Å². The van der Waals surface area contributed by atoms with Crippen molar-refractivity contribution in [3.8, 4) is 0 Å². The molecule has 0 fully saturated rings. The molecule has 5 heteroatoms. The number of amides is 1. The highest BCUT2D eigenvalue weighted by Crippen LogP contribution is 2.30. The van der Waals surface area contributed by atoms with Gasteiger partial charge < -0.3 is 10.6 Å². The van der Waals surface area contributed by atoms with Crippen molar-refractivity contribution >= 4 is 27.5 Å². The van der Waals surface area contributed by atoms with Gasteiger partial charge in [-0.2, -0.15) is 0 Å². The summed E-state index contributed by atoms with van der Waals surface area (Å²) in [5.74, 6) is 0.131. The van der Waals surface area contributed by atoms with Gasteiger partial charge in [-0.1, -0.05) is 15.9 Å². The molecule has 1 aromatic rings. The Bertz CT molecular complexity index is 474. The zero-order chi connectivity index (χ0) is 13.3. The summed E-state index contributed by atoms with van der Waals surface area (Å²) in [6.45, 7) is 2.10. The first-order valence-electron chi connectivity index (χ1n) is 5.97. The third-order valence-corrected chi connectivity index (χ3v) is 4.07. The lowest BCUT2D eigenvalue weighted by atomic mass is 9.98. The van der Waals surface area contributed by atoms with Crippen LogP contribution in [0.25, 0.3) is 0 Å². The quantitative estimate of drug-likeness (QED) is 0.842. The predicted octanol–water partition coefficient (Wildman–Crippen LogP) is 1.48. The molecule has 98 valence electrons. The minimum atomic E-state index is 0.131. The van der Waals surface area contributed by atoms with Crippen molar-refractivity contribution < 1.29 is 4.79 Å². The maximum absolute atomic E-state index is 11.7. The van der Waals surface area contributed by atoms with E-state index < -0.39 is 0 Å². The lowest BCUT2D eigenvalue weighted by Gasteiger charge is -2.30. The van der Waals surface area contributed by atoms with Gasteiger partial charge in [-0.05, 0) is 29.7 Å². The number of carbonyl (C=O) groups is 1. The van der Waals surface area contributed by atoms with E-state index in [2.05, 4.69) is 20.8 Å². The first-order valence-corrected chi connectivity index (χ1v) is 6.76. The summed E-state index contributed by atoms with van der Waals surface area (Å²) in [7, 11) is 3.57. The third-order valence-electron chi connectivity index (χ3n) is 3.33. The summed E-state index contributed by atoms with van der Waals surface area (Å²) in [4.78, 5) is 15.5. The van der Waals surface area contributed by atoms with Gasteiger partial charge in [0.1, 0.15) is 0 Å². The van der Waals surface area contributed by atoms with Crippen LogP contribution in [0.5, 0.6) is 0 Å². The first kappa shape index (κ1) is 13.4. The molecular weight excluding hydrogens is 294 g/mol. The highest BCUT2D eigenvalue weighted by molar-refractivity contribution is 9.10. The van der Waals surface area contributed by atoms with Crippen molar-refractivity contribution in [3.05, 3.63) is 27.7 Å². The second-order valence-electron chi connectivity index (χ2n) is 4.84. The lowest BCUT2D eigenvalue weighted by molar-refractivity contribution is -0.130. The van der Waals surface area contributed by atoms with E-state index in [1.54, 1.807) is 19.0 Å². The van der Waals surface area contributed by atoms with Gasteiger partial charge in [0.25, 0.3) is 0 Å². The molecular formula is C13H18BrN3O. The van der Waals surface area contributed by atoms with Gasteiger partial charge in [-0.15, -0.1) is 0 Å². The van der Waals surface area contributed by atoms with Crippen molar-refractivity contribution in [1.29, 1.82) is 0 Å². The van der Waals surface area contributed by atoms with Gasteiger partial charge in [-0.3, -0.25) is 9.69 Å². The minimum Gasteiger partial charge on any atom is -0.398 e. The Morgan fingerprint density at radius 2 is 2.17 bits per heavy atom. The summed E-state index contributed by atoms with van der Waals surface area (Å²) in [6, 6.07) is 3.91. The van der Waals surface area contributed by atoms with Crippen molar-refractivity contribution in [3.63, 3.8) is 0 Å². The molecule has 0 aliphatic carbocycles. The van der Waals surface area contributed by atoms with Gasteiger partial charge in [0, 0.05) is 37.3 Å². The number of halogens is 1. The molecule has 0 bridgehead atoms. The first-order chi connectivity index (χ1) is 8.49. The molecule has 0 unspecified atom stereocenters. The van der Waals surface area contributed by atoms with Gasteiger partial charge in [0.15, 0.2) is 0 Å². The minimum absolute atomic E-state index is 0.131. The standard InChI is InChI=1S/C13H18BrN3O/c1-16(2)13(18)8-17-6-5-9-10(7-17)12(15)4-3-11(9)14/h3-4H,5-8,15H2,1-2H3. The van der Waals surface area contributed by atoms with Crippen LogP contribution in [0.2, 0.25) is 0 Å². The number of nitrogens with zero attached hydrogens (tertiary/aromatic N) is 2. The molecule has 0 saturated carbocycles. The average Bonchev–Trinajstić information content (AvgIpc) is 2.34. The monoisotopic (exact) mass is 311 g/mol. The number of nitrogen functional groups attached to an aromatic ring is 1. The van der Waals surface area contributed by atoms with E-state index in [1.165, 1.54) is 5.56 Å². The van der Waals surface area contributed by atoms with Crippen LogP contribution in [0.1, 0.15) is 11.1 Å². The van der Waals surface area contributed by atoms with E-state index in [9.17, 15) is 4.79 Å².